The lowest BCUT2D eigenvalue weighted by Gasteiger charge is -2.13. The van der Waals surface area contributed by atoms with E-state index in [1.807, 2.05) is 0 Å². The fourth-order valence-electron chi connectivity index (χ4n) is 2.84. The van der Waals surface area contributed by atoms with E-state index in [1.165, 1.54) is 17.7 Å². The Bertz CT molecular complexity index is 611. The third-order valence-corrected chi connectivity index (χ3v) is 4.42. The lowest BCUT2D eigenvalue weighted by Crippen LogP contribution is -2.35. The average Bonchev–Trinajstić information content (AvgIpc) is 3.37. The minimum absolute atomic E-state index is 0. The van der Waals surface area contributed by atoms with Gasteiger partial charge in [-0.05, 0) is 50.3 Å². The normalized spacial score (nSPS) is 15.8. The number of hydrogen-bond donors (Lipinski definition) is 2. The Morgan fingerprint density at radius 1 is 1.08 bits per heavy atom. The van der Waals surface area contributed by atoms with E-state index in [9.17, 15) is 14.4 Å². The summed E-state index contributed by atoms with van der Waals surface area (Å²) in [7, 11) is 0. The lowest BCUT2D eigenvalue weighted by molar-refractivity contribution is -0.120. The highest BCUT2D eigenvalue weighted by molar-refractivity contribution is 6.21. The van der Waals surface area contributed by atoms with Crippen LogP contribution in [0.5, 0.6) is 0 Å². The molecule has 0 bridgehead atoms. The summed E-state index contributed by atoms with van der Waals surface area (Å²) in [6.45, 7) is 2.23. The lowest BCUT2D eigenvalue weighted by atomic mass is 10.1. The van der Waals surface area contributed by atoms with Gasteiger partial charge in [0.05, 0.1) is 17.7 Å². The first-order valence-electron chi connectivity index (χ1n) is 8.59. The number of nitrogens with one attached hydrogen (secondary N) is 2. The van der Waals surface area contributed by atoms with Crippen molar-refractivity contribution in [3.05, 3.63) is 35.4 Å². The van der Waals surface area contributed by atoms with Gasteiger partial charge in [-0.2, -0.15) is 0 Å². The van der Waals surface area contributed by atoms with Crippen molar-refractivity contribution in [1.82, 2.24) is 15.5 Å². The molecule has 0 saturated heterocycles. The molecule has 1 saturated carbocycles. The minimum Gasteiger partial charge on any atom is -0.355 e. The van der Waals surface area contributed by atoms with Gasteiger partial charge in [-0.15, -0.1) is 12.4 Å². The number of fused-ring (bicyclic) bond motifs is 1. The van der Waals surface area contributed by atoms with Crippen molar-refractivity contribution in [3.63, 3.8) is 0 Å². The molecule has 0 unspecified atom stereocenters. The number of nitrogens with zero attached hydrogens (tertiary/aromatic N) is 1. The maximum atomic E-state index is 12.2. The van der Waals surface area contributed by atoms with Gasteiger partial charge in [0.2, 0.25) is 5.91 Å². The number of imide groups is 1. The summed E-state index contributed by atoms with van der Waals surface area (Å²) < 4.78 is 0. The van der Waals surface area contributed by atoms with Gasteiger partial charge < -0.3 is 10.6 Å². The molecule has 1 fully saturated rings. The minimum atomic E-state index is -0.219. The van der Waals surface area contributed by atoms with Crippen LogP contribution in [0.3, 0.4) is 0 Å². The average molecular weight is 366 g/mol. The summed E-state index contributed by atoms with van der Waals surface area (Å²) in [5, 5.41) is 6.00. The molecule has 2 N–H and O–H groups in total. The maximum Gasteiger partial charge on any atom is 0.261 e. The van der Waals surface area contributed by atoms with Crippen molar-refractivity contribution in [1.29, 1.82) is 0 Å². The smallest absolute Gasteiger partial charge is 0.261 e. The van der Waals surface area contributed by atoms with Gasteiger partial charge in [-0.25, -0.2) is 0 Å². The van der Waals surface area contributed by atoms with E-state index in [0.29, 0.717) is 37.2 Å². The first-order valence-corrected chi connectivity index (χ1v) is 8.59. The SMILES string of the molecule is Cl.O=C(CNCC1CC1)NCCCCN1C(=O)c2ccccc2C1=O. The van der Waals surface area contributed by atoms with E-state index >= 15 is 0 Å². The van der Waals surface area contributed by atoms with Crippen LogP contribution in [-0.2, 0) is 4.79 Å². The molecule has 1 aromatic rings. The van der Waals surface area contributed by atoms with Crippen LogP contribution in [0.2, 0.25) is 0 Å². The fourth-order valence-corrected chi connectivity index (χ4v) is 2.84. The Balaban J connectivity index is 0.00000225. The zero-order valence-electron chi connectivity index (χ0n) is 14.1. The van der Waals surface area contributed by atoms with Crippen molar-refractivity contribution in [3.8, 4) is 0 Å². The summed E-state index contributed by atoms with van der Waals surface area (Å²) in [6, 6.07) is 6.90. The maximum absolute atomic E-state index is 12.2. The van der Waals surface area contributed by atoms with Crippen LogP contribution in [0, 0.1) is 5.92 Å². The number of rotatable bonds is 9. The van der Waals surface area contributed by atoms with Crippen LogP contribution >= 0.6 is 12.4 Å². The second-order valence-electron chi connectivity index (χ2n) is 6.44. The van der Waals surface area contributed by atoms with Gasteiger partial charge in [0.1, 0.15) is 0 Å². The van der Waals surface area contributed by atoms with Crippen LogP contribution in [-0.4, -0.2) is 48.8 Å². The van der Waals surface area contributed by atoms with Crippen molar-refractivity contribution >= 4 is 30.1 Å². The molecule has 6 nitrogen and oxygen atoms in total. The van der Waals surface area contributed by atoms with Gasteiger partial charge in [-0.3, -0.25) is 19.3 Å². The first-order chi connectivity index (χ1) is 11.7. The number of unbranched alkanes of at least 4 members (excludes halogenated alkanes) is 1. The van der Waals surface area contributed by atoms with Crippen LogP contribution in [0.15, 0.2) is 24.3 Å². The highest BCUT2D eigenvalue weighted by atomic mass is 35.5. The Hall–Kier alpha value is -1.92. The molecule has 1 aliphatic carbocycles. The van der Waals surface area contributed by atoms with Crippen molar-refractivity contribution in [2.45, 2.75) is 25.7 Å². The molecule has 1 aromatic carbocycles. The fraction of sp³-hybridized carbons (Fsp3) is 0.500. The predicted octanol–water partition coefficient (Wildman–Crippen LogP) is 1.60. The molecule has 25 heavy (non-hydrogen) atoms. The third-order valence-electron chi connectivity index (χ3n) is 4.42. The van der Waals surface area contributed by atoms with Gasteiger partial charge >= 0.3 is 0 Å². The summed E-state index contributed by atoms with van der Waals surface area (Å²) in [4.78, 5) is 37.3. The summed E-state index contributed by atoms with van der Waals surface area (Å²) in [5.74, 6) is 0.321. The molecule has 7 heteroatoms. The summed E-state index contributed by atoms with van der Waals surface area (Å²) >= 11 is 0. The molecular weight excluding hydrogens is 342 g/mol. The molecule has 0 spiro atoms. The molecular formula is C18H24ClN3O3. The van der Waals surface area contributed by atoms with Gasteiger partial charge in [-0.1, -0.05) is 12.1 Å². The van der Waals surface area contributed by atoms with Crippen molar-refractivity contribution in [2.24, 2.45) is 5.92 Å². The number of halogens is 1. The van der Waals surface area contributed by atoms with E-state index in [1.54, 1.807) is 24.3 Å². The zero-order valence-corrected chi connectivity index (χ0v) is 14.9. The molecule has 1 heterocycles. The van der Waals surface area contributed by atoms with E-state index in [-0.39, 0.29) is 30.1 Å². The molecule has 1 aliphatic heterocycles. The number of hydrogen-bond acceptors (Lipinski definition) is 4. The number of carbonyl (C=O) groups is 3. The zero-order chi connectivity index (χ0) is 16.9. The highest BCUT2D eigenvalue weighted by Crippen LogP contribution is 2.27. The van der Waals surface area contributed by atoms with Crippen LogP contribution in [0.1, 0.15) is 46.4 Å². The molecule has 0 aromatic heterocycles. The monoisotopic (exact) mass is 365 g/mol. The Kier molecular flexibility index (Phi) is 6.96. The van der Waals surface area contributed by atoms with Gasteiger partial charge in [0.15, 0.2) is 0 Å². The second-order valence-corrected chi connectivity index (χ2v) is 6.44. The molecule has 3 rings (SSSR count). The topological polar surface area (TPSA) is 78.5 Å². The van der Waals surface area contributed by atoms with E-state index in [2.05, 4.69) is 10.6 Å². The first kappa shape index (κ1) is 19.4. The number of carbonyl (C=O) groups excluding carboxylic acids is 3. The molecule has 0 atom stereocenters. The summed E-state index contributed by atoms with van der Waals surface area (Å²) in [6.07, 6.45) is 3.96. The van der Waals surface area contributed by atoms with Gasteiger partial charge in [0, 0.05) is 13.1 Å². The Labute approximate surface area is 153 Å². The Morgan fingerprint density at radius 2 is 1.72 bits per heavy atom. The Morgan fingerprint density at radius 3 is 2.32 bits per heavy atom. The van der Waals surface area contributed by atoms with Crippen LogP contribution in [0.4, 0.5) is 0 Å². The largest absolute Gasteiger partial charge is 0.355 e. The van der Waals surface area contributed by atoms with E-state index in [0.717, 1.165) is 18.9 Å². The molecule has 2 aliphatic rings. The van der Waals surface area contributed by atoms with E-state index in [4.69, 9.17) is 0 Å². The van der Waals surface area contributed by atoms with Crippen LogP contribution < -0.4 is 10.6 Å². The second kappa shape index (κ2) is 8.97. The third kappa shape index (κ3) is 5.03. The molecule has 0 radical (unpaired) electrons. The van der Waals surface area contributed by atoms with Crippen molar-refractivity contribution in [2.75, 3.05) is 26.2 Å². The number of amides is 3. The van der Waals surface area contributed by atoms with E-state index < -0.39 is 0 Å². The standard InChI is InChI=1S/C18H23N3O3.ClH/c22-16(12-19-11-13-7-8-13)20-9-3-4-10-21-17(23)14-5-1-2-6-15(14)18(21)24;/h1-2,5-6,13,19H,3-4,7-12H2,(H,20,22);1H. The highest BCUT2D eigenvalue weighted by Gasteiger charge is 2.34. The van der Waals surface area contributed by atoms with Gasteiger partial charge in [0.25, 0.3) is 11.8 Å². The molecule has 136 valence electrons. The summed E-state index contributed by atoms with van der Waals surface area (Å²) in [5.41, 5.74) is 0.968. The predicted molar refractivity (Wildman–Crippen MR) is 96.9 cm³/mol. The quantitative estimate of drug-likeness (QED) is 0.514. The van der Waals surface area contributed by atoms with Crippen molar-refractivity contribution < 1.29 is 14.4 Å². The van der Waals surface area contributed by atoms with Crippen LogP contribution in [0.25, 0.3) is 0 Å². The molecule has 3 amide bonds. The number of benzene rings is 1.